The lowest BCUT2D eigenvalue weighted by Gasteiger charge is -2.35. The number of nitro groups is 1. The molecule has 1 fully saturated rings. The topological polar surface area (TPSA) is 105 Å². The quantitative estimate of drug-likeness (QED) is 0.356. The van der Waals surface area contributed by atoms with Crippen molar-refractivity contribution in [2.24, 2.45) is 5.92 Å². The molecule has 1 amide bonds. The molecule has 1 N–H and O–H groups in total. The van der Waals surface area contributed by atoms with Gasteiger partial charge in [-0.1, -0.05) is 29.8 Å². The van der Waals surface area contributed by atoms with Crippen molar-refractivity contribution in [3.05, 3.63) is 98.8 Å². The van der Waals surface area contributed by atoms with Crippen LogP contribution < -0.4 is 5.32 Å². The number of carbonyl (C=O) groups excluding carboxylic acids is 2. The van der Waals surface area contributed by atoms with E-state index in [1.807, 2.05) is 4.90 Å². The van der Waals surface area contributed by atoms with E-state index >= 15 is 0 Å². The van der Waals surface area contributed by atoms with E-state index < -0.39 is 22.3 Å². The van der Waals surface area contributed by atoms with Crippen LogP contribution in [0.5, 0.6) is 0 Å². The molecule has 2 aliphatic heterocycles. The fourth-order valence-electron chi connectivity index (χ4n) is 5.25. The lowest BCUT2D eigenvalue weighted by Crippen LogP contribution is -2.51. The number of nitrogens with one attached hydrogen (secondary N) is 1. The molecular formula is C24H19ClN4O4. The number of amides is 1. The Bertz CT molecular complexity index is 1300. The molecule has 2 aromatic carbocycles. The number of ketones is 1. The molecule has 9 heteroatoms. The Hall–Kier alpha value is -3.62. The van der Waals surface area contributed by atoms with Crippen LogP contribution in [0.2, 0.25) is 5.02 Å². The third-order valence-electron chi connectivity index (χ3n) is 6.62. The molecule has 1 aromatic heterocycles. The van der Waals surface area contributed by atoms with E-state index in [-0.39, 0.29) is 23.1 Å². The number of benzene rings is 2. The molecule has 0 unspecified atom stereocenters. The van der Waals surface area contributed by atoms with Crippen molar-refractivity contribution in [2.75, 3.05) is 18.9 Å². The zero-order valence-electron chi connectivity index (χ0n) is 17.6. The monoisotopic (exact) mass is 462 g/mol. The zero-order valence-corrected chi connectivity index (χ0v) is 18.3. The van der Waals surface area contributed by atoms with Gasteiger partial charge in [0.1, 0.15) is 11.2 Å². The second-order valence-electron chi connectivity index (χ2n) is 8.31. The average Bonchev–Trinajstić information content (AvgIpc) is 3.29. The predicted molar refractivity (Wildman–Crippen MR) is 122 cm³/mol. The summed E-state index contributed by atoms with van der Waals surface area (Å²) < 4.78 is 0. The van der Waals surface area contributed by atoms with Crippen molar-refractivity contribution in [3.63, 3.8) is 0 Å². The van der Waals surface area contributed by atoms with E-state index in [9.17, 15) is 19.7 Å². The first kappa shape index (κ1) is 21.2. The van der Waals surface area contributed by atoms with Crippen molar-refractivity contribution in [1.82, 2.24) is 9.88 Å². The van der Waals surface area contributed by atoms with Crippen LogP contribution in [0.4, 0.5) is 11.4 Å². The summed E-state index contributed by atoms with van der Waals surface area (Å²) in [6.07, 6.45) is 1.53. The van der Waals surface area contributed by atoms with Crippen LogP contribution in [0.25, 0.3) is 0 Å². The number of aromatic nitrogens is 1. The molecule has 2 aliphatic rings. The number of pyridine rings is 1. The highest BCUT2D eigenvalue weighted by molar-refractivity contribution is 6.31. The van der Waals surface area contributed by atoms with Gasteiger partial charge in [-0.05, 0) is 42.9 Å². The van der Waals surface area contributed by atoms with Gasteiger partial charge in [-0.2, -0.15) is 0 Å². The smallest absolute Gasteiger partial charge is 0.269 e. The first-order chi connectivity index (χ1) is 15.8. The minimum absolute atomic E-state index is 0.0699. The van der Waals surface area contributed by atoms with E-state index in [0.29, 0.717) is 28.4 Å². The van der Waals surface area contributed by atoms with E-state index in [1.165, 1.54) is 18.3 Å². The van der Waals surface area contributed by atoms with Crippen LogP contribution in [0.15, 0.2) is 66.9 Å². The van der Waals surface area contributed by atoms with Gasteiger partial charge in [0.2, 0.25) is 5.91 Å². The predicted octanol–water partition coefficient (Wildman–Crippen LogP) is 4.02. The molecule has 0 saturated carbocycles. The zero-order chi connectivity index (χ0) is 23.3. The molecule has 1 saturated heterocycles. The summed E-state index contributed by atoms with van der Waals surface area (Å²) in [5.74, 6) is -2.00. The van der Waals surface area contributed by atoms with Gasteiger partial charge in [0.25, 0.3) is 5.69 Å². The summed E-state index contributed by atoms with van der Waals surface area (Å²) in [6, 6.07) is 16.4. The van der Waals surface area contributed by atoms with E-state index in [1.54, 1.807) is 55.6 Å². The Kier molecular flexibility index (Phi) is 4.99. The number of nitro benzene ring substituents is 1. The van der Waals surface area contributed by atoms with Gasteiger partial charge < -0.3 is 5.32 Å². The highest BCUT2D eigenvalue weighted by atomic mass is 35.5. The molecule has 3 atom stereocenters. The molecule has 1 spiro atoms. The van der Waals surface area contributed by atoms with Gasteiger partial charge in [-0.3, -0.25) is 29.6 Å². The molecule has 3 aromatic rings. The van der Waals surface area contributed by atoms with E-state index in [4.69, 9.17) is 11.6 Å². The largest absolute Gasteiger partial charge is 0.324 e. The maximum atomic E-state index is 14.0. The van der Waals surface area contributed by atoms with Crippen LogP contribution in [-0.4, -0.2) is 40.1 Å². The number of likely N-dealkylation sites (N-methyl/N-ethyl adjacent to an activating group) is 1. The van der Waals surface area contributed by atoms with Crippen molar-refractivity contribution < 1.29 is 14.5 Å². The third-order valence-corrected chi connectivity index (χ3v) is 6.86. The van der Waals surface area contributed by atoms with Gasteiger partial charge in [0.15, 0.2) is 5.78 Å². The number of hydrogen-bond acceptors (Lipinski definition) is 6. The number of halogens is 1. The van der Waals surface area contributed by atoms with Crippen molar-refractivity contribution >= 4 is 34.7 Å². The molecule has 0 radical (unpaired) electrons. The van der Waals surface area contributed by atoms with Gasteiger partial charge in [-0.15, -0.1) is 0 Å². The lowest BCUT2D eigenvalue weighted by atomic mass is 9.71. The maximum Gasteiger partial charge on any atom is 0.269 e. The number of anilines is 1. The minimum Gasteiger partial charge on any atom is -0.324 e. The normalized spacial score (nSPS) is 24.0. The molecule has 3 heterocycles. The minimum atomic E-state index is -1.33. The first-order valence-corrected chi connectivity index (χ1v) is 10.7. The highest BCUT2D eigenvalue weighted by Gasteiger charge is 2.64. The van der Waals surface area contributed by atoms with E-state index in [0.717, 1.165) is 0 Å². The van der Waals surface area contributed by atoms with E-state index in [2.05, 4.69) is 10.3 Å². The highest BCUT2D eigenvalue weighted by Crippen LogP contribution is 2.56. The summed E-state index contributed by atoms with van der Waals surface area (Å²) >= 11 is 6.30. The van der Waals surface area contributed by atoms with Crippen LogP contribution in [0.1, 0.15) is 27.5 Å². The first-order valence-electron chi connectivity index (χ1n) is 10.4. The second kappa shape index (κ2) is 7.75. The average molecular weight is 463 g/mol. The molecule has 0 aliphatic carbocycles. The number of nitrogens with zero attached hydrogens (tertiary/aromatic N) is 3. The van der Waals surface area contributed by atoms with Crippen molar-refractivity contribution in [3.8, 4) is 0 Å². The summed E-state index contributed by atoms with van der Waals surface area (Å²) in [7, 11) is 1.78. The fourth-order valence-corrected chi connectivity index (χ4v) is 5.42. The SMILES string of the molecule is CN1C[C@H](c2cccc([N+](=O)[O-])c2)[C@@H](C(=O)c2ccccn2)[C@@]12C(=O)Nc1ccc(Cl)cc12. The van der Waals surface area contributed by atoms with Crippen LogP contribution in [0.3, 0.4) is 0 Å². The summed E-state index contributed by atoms with van der Waals surface area (Å²) in [4.78, 5) is 44.6. The summed E-state index contributed by atoms with van der Waals surface area (Å²) in [5.41, 5.74) is 0.657. The Morgan fingerprint density at radius 1 is 1.21 bits per heavy atom. The number of hydrogen-bond donors (Lipinski definition) is 1. The van der Waals surface area contributed by atoms with Gasteiger partial charge in [0.05, 0.1) is 10.8 Å². The van der Waals surface area contributed by atoms with Gasteiger partial charge in [0, 0.05) is 47.1 Å². The van der Waals surface area contributed by atoms with Crippen LogP contribution in [0, 0.1) is 16.0 Å². The Labute approximate surface area is 194 Å². The van der Waals surface area contributed by atoms with Crippen LogP contribution in [-0.2, 0) is 10.3 Å². The molecule has 8 nitrogen and oxygen atoms in total. The second-order valence-corrected chi connectivity index (χ2v) is 8.74. The molecule has 166 valence electrons. The summed E-state index contributed by atoms with van der Waals surface area (Å²) in [5, 5.41) is 14.8. The number of Topliss-reactive ketones (excluding diaryl/α,β-unsaturated/α-hetero) is 1. The fraction of sp³-hybridized carbons (Fsp3) is 0.208. The summed E-state index contributed by atoms with van der Waals surface area (Å²) in [6.45, 7) is 0.337. The van der Waals surface area contributed by atoms with Gasteiger partial charge in [-0.25, -0.2) is 0 Å². The lowest BCUT2D eigenvalue weighted by molar-refractivity contribution is -0.384. The number of fused-ring (bicyclic) bond motifs is 2. The van der Waals surface area contributed by atoms with Crippen LogP contribution >= 0.6 is 11.6 Å². The molecular weight excluding hydrogens is 444 g/mol. The Morgan fingerprint density at radius 2 is 2.03 bits per heavy atom. The molecule has 0 bridgehead atoms. The third kappa shape index (κ3) is 3.13. The number of likely N-dealkylation sites (tertiary alicyclic amines) is 1. The maximum absolute atomic E-state index is 14.0. The standard InChI is InChI=1S/C24H19ClN4O4/c1-28-13-17(14-5-4-6-16(11-14)29(32)33)21(22(30)20-7-2-3-10-26-20)24(28)18-12-15(25)8-9-19(18)27-23(24)31/h2-12,17,21H,13H2,1H3,(H,27,31)/t17-,21+,24+/m1/s1. The van der Waals surface area contributed by atoms with Crippen molar-refractivity contribution in [2.45, 2.75) is 11.5 Å². The Morgan fingerprint density at radius 3 is 2.76 bits per heavy atom. The number of rotatable bonds is 4. The van der Waals surface area contributed by atoms with Gasteiger partial charge >= 0.3 is 0 Å². The molecule has 33 heavy (non-hydrogen) atoms. The Balaban J connectivity index is 1.74. The number of carbonyl (C=O) groups is 2. The number of non-ortho nitro benzene ring substituents is 1. The van der Waals surface area contributed by atoms with Crippen molar-refractivity contribution in [1.29, 1.82) is 0 Å². The molecule has 5 rings (SSSR count).